The summed E-state index contributed by atoms with van der Waals surface area (Å²) >= 11 is 0. The Morgan fingerprint density at radius 2 is 1.00 bits per heavy atom. The molecule has 0 fully saturated rings. The van der Waals surface area contributed by atoms with Crippen LogP contribution in [0.1, 0.15) is 0 Å². The normalized spacial score (nSPS) is 3.60. The fourth-order valence-electron chi connectivity index (χ4n) is 0. The van der Waals surface area contributed by atoms with E-state index >= 15 is 0 Å². The van der Waals surface area contributed by atoms with Crippen molar-refractivity contribution in [3.05, 3.63) is 0 Å². The van der Waals surface area contributed by atoms with Crippen molar-refractivity contribution in [3.63, 3.8) is 0 Å². The summed E-state index contributed by atoms with van der Waals surface area (Å²) in [7, 11) is 0. The summed E-state index contributed by atoms with van der Waals surface area (Å²) in [5.41, 5.74) is 0. The van der Waals surface area contributed by atoms with Gasteiger partial charge >= 0.3 is 17.1 Å². The third-order valence-electron chi connectivity index (χ3n) is 0. The monoisotopic (exact) mass is 192 g/mol. The maximum Gasteiger partial charge on any atom is 2.00 e. The molecule has 0 aliphatic carbocycles. The first kappa shape index (κ1) is 23.1. The van der Waals surface area contributed by atoms with E-state index < -0.39 is 12.9 Å². The van der Waals surface area contributed by atoms with Crippen LogP contribution in [0.3, 0.4) is 0 Å². The Labute approximate surface area is 66.9 Å². The molecule has 0 bridgehead atoms. The van der Waals surface area contributed by atoms with Gasteiger partial charge in [-0.15, -0.1) is 0 Å². The molecule has 0 saturated heterocycles. The van der Waals surface area contributed by atoms with Crippen LogP contribution < -0.4 is 10.2 Å². The topological polar surface area (TPSA) is 118 Å². The smallest absolute Gasteiger partial charge is 0.554 e. The van der Waals surface area contributed by atoms with E-state index in [1.54, 1.807) is 0 Å². The van der Waals surface area contributed by atoms with Crippen molar-refractivity contribution >= 4 is 19.4 Å². The molecule has 0 saturated carbocycles. The zero-order valence-corrected chi connectivity index (χ0v) is 5.68. The van der Waals surface area contributed by atoms with Gasteiger partial charge in [-0.3, -0.25) is 4.79 Å². The molecule has 10 heavy (non-hydrogen) atoms. The summed E-state index contributed by atoms with van der Waals surface area (Å²) in [4.78, 5) is 24.9. The Morgan fingerprint density at radius 1 is 1.00 bits per heavy atom. The van der Waals surface area contributed by atoms with E-state index in [-0.39, 0.29) is 23.5 Å². The van der Waals surface area contributed by atoms with Gasteiger partial charge in [0, 0.05) is 12.9 Å². The van der Waals surface area contributed by atoms with E-state index in [1.165, 1.54) is 0 Å². The zero-order chi connectivity index (χ0) is 8.12. The molecule has 0 heterocycles. The Morgan fingerprint density at radius 3 is 1.00 bits per heavy atom. The minimum absolute atomic E-state index is 0. The number of hydrogen-bond acceptors (Lipinski definition) is 5. The Balaban J connectivity index is -0.0000000257. The zero-order valence-electron chi connectivity index (χ0n) is 4.57. The predicted octanol–water partition coefficient (Wildman–Crippen LogP) is -3.57. The van der Waals surface area contributed by atoms with Crippen LogP contribution in [-0.4, -0.2) is 24.5 Å². The third kappa shape index (κ3) is 213. The first-order chi connectivity index (χ1) is 4.24. The Hall–Kier alpha value is -1.07. The van der Waals surface area contributed by atoms with Crippen molar-refractivity contribution in [1.29, 1.82) is 0 Å². The number of rotatable bonds is 0. The number of hydrogen-bond donors (Lipinski definition) is 1. The van der Waals surface area contributed by atoms with Gasteiger partial charge in [0.25, 0.3) is 6.47 Å². The minimum atomic E-state index is -0.500. The summed E-state index contributed by atoms with van der Waals surface area (Å²) < 4.78 is 0. The van der Waals surface area contributed by atoms with Gasteiger partial charge in [0.1, 0.15) is 0 Å². The van der Waals surface area contributed by atoms with E-state index in [4.69, 9.17) is 29.7 Å². The molecule has 0 aromatic heterocycles. The molecule has 0 aliphatic heterocycles. The summed E-state index contributed by atoms with van der Waals surface area (Å²) in [6.07, 6.45) is 0. The van der Waals surface area contributed by atoms with Crippen molar-refractivity contribution in [1.82, 2.24) is 0 Å². The van der Waals surface area contributed by atoms with Crippen molar-refractivity contribution in [2.45, 2.75) is 0 Å². The maximum atomic E-state index is 8.36. The molecule has 0 unspecified atom stereocenters. The molecule has 0 rings (SSSR count). The summed E-state index contributed by atoms with van der Waals surface area (Å²) in [5.74, 6) is 0. The molecule has 6 nitrogen and oxygen atoms in total. The number of carbonyl (C=O) groups is 3. The number of carbonyl (C=O) groups excluding carboxylic acids is 2. The van der Waals surface area contributed by atoms with Gasteiger partial charge in [-0.05, 0) is 0 Å². The molecule has 7 heteroatoms. The molecular formula is C3H4FeO6. The van der Waals surface area contributed by atoms with Gasteiger partial charge in [0.2, 0.25) is 0 Å². The molecule has 0 aliphatic rings. The molecule has 0 atom stereocenters. The van der Waals surface area contributed by atoms with Crippen LogP contribution in [0.5, 0.6) is 0 Å². The van der Waals surface area contributed by atoms with Crippen LogP contribution in [0.2, 0.25) is 0 Å². The summed E-state index contributed by atoms with van der Waals surface area (Å²) in [5, 5.41) is 23.4. The van der Waals surface area contributed by atoms with Crippen molar-refractivity contribution < 1.29 is 46.8 Å². The van der Waals surface area contributed by atoms with E-state index in [0.29, 0.717) is 0 Å². The largest absolute Gasteiger partial charge is 2.00 e. The van der Waals surface area contributed by atoms with Gasteiger partial charge in [0.05, 0.1) is 0 Å². The van der Waals surface area contributed by atoms with Crippen molar-refractivity contribution in [2.24, 2.45) is 0 Å². The first-order valence-electron chi connectivity index (χ1n) is 1.44. The van der Waals surface area contributed by atoms with E-state index in [2.05, 4.69) is 0 Å². The van der Waals surface area contributed by atoms with Gasteiger partial charge in [-0.25, -0.2) is 0 Å². The van der Waals surface area contributed by atoms with Gasteiger partial charge in [-0.1, -0.05) is 0 Å². The Bertz CT molecular complexity index is 49.7. The second-order valence-electron chi connectivity index (χ2n) is 0.298. The van der Waals surface area contributed by atoms with Crippen LogP contribution >= 0.6 is 0 Å². The quantitative estimate of drug-likeness (QED) is 0.313. The standard InChI is InChI=1S/3CH2O2.Fe/c3*2-1-3;/h3*1H,(H,2,3);/q;;;+2/p-2. The van der Waals surface area contributed by atoms with Gasteiger partial charge in [0.15, 0.2) is 0 Å². The van der Waals surface area contributed by atoms with E-state index in [0.717, 1.165) is 0 Å². The molecule has 0 radical (unpaired) electrons. The van der Waals surface area contributed by atoms with Crippen LogP contribution in [0.15, 0.2) is 0 Å². The van der Waals surface area contributed by atoms with Crippen LogP contribution in [0.25, 0.3) is 0 Å². The van der Waals surface area contributed by atoms with Crippen LogP contribution in [0, 0.1) is 0 Å². The molecule has 0 aromatic rings. The van der Waals surface area contributed by atoms with Gasteiger partial charge in [-0.2, -0.15) is 0 Å². The van der Waals surface area contributed by atoms with Crippen LogP contribution in [-0.2, 0) is 31.5 Å². The summed E-state index contributed by atoms with van der Waals surface area (Å²) in [6, 6.07) is 0. The molecule has 1 N–H and O–H groups in total. The van der Waals surface area contributed by atoms with Crippen LogP contribution in [0.4, 0.5) is 0 Å². The second-order valence-corrected chi connectivity index (χ2v) is 0.298. The van der Waals surface area contributed by atoms with E-state index in [9.17, 15) is 0 Å². The molecule has 0 spiro atoms. The average Bonchev–Trinajstić information content (AvgIpc) is 1.70. The van der Waals surface area contributed by atoms with Gasteiger partial charge < -0.3 is 24.9 Å². The van der Waals surface area contributed by atoms with E-state index in [1.807, 2.05) is 0 Å². The molecular weight excluding hydrogens is 188 g/mol. The third-order valence-corrected chi connectivity index (χ3v) is 0. The SMILES string of the molecule is O=CO.O=C[O-].O=C[O-].[Fe+2]. The second kappa shape index (κ2) is 102. The average molecular weight is 192 g/mol. The first-order valence-corrected chi connectivity index (χ1v) is 1.44. The Kier molecular flexibility index (Phi) is 236. The minimum Gasteiger partial charge on any atom is -0.554 e. The fraction of sp³-hybridized carbons (Fsp3) is 0. The predicted molar refractivity (Wildman–Crippen MR) is 20.8 cm³/mol. The van der Waals surface area contributed by atoms with Crippen molar-refractivity contribution in [3.8, 4) is 0 Å². The molecule has 0 amide bonds. The fourth-order valence-corrected chi connectivity index (χ4v) is 0. The maximum absolute atomic E-state index is 8.36. The summed E-state index contributed by atoms with van der Waals surface area (Å²) in [6.45, 7) is -1.25. The number of carboxylic acid groups (broad SMARTS) is 3. The molecule has 0 aromatic carbocycles. The van der Waals surface area contributed by atoms with Crippen molar-refractivity contribution in [2.75, 3.05) is 0 Å². The molecule has 60 valence electrons.